The van der Waals surface area contributed by atoms with Crippen molar-refractivity contribution in [1.82, 2.24) is 9.97 Å². The van der Waals surface area contributed by atoms with Crippen LogP contribution in [-0.4, -0.2) is 23.0 Å². The number of methoxy groups -OCH3 is 1. The predicted molar refractivity (Wildman–Crippen MR) is 129 cm³/mol. The van der Waals surface area contributed by atoms with E-state index in [1.807, 2.05) is 79.4 Å². The van der Waals surface area contributed by atoms with Crippen LogP contribution in [0, 0.1) is 0 Å². The van der Waals surface area contributed by atoms with Crippen molar-refractivity contribution in [3.63, 3.8) is 0 Å². The average molecular weight is 424 g/mol. The maximum absolute atomic E-state index is 13.3. The quantitative estimate of drug-likeness (QED) is 0.457. The van der Waals surface area contributed by atoms with Gasteiger partial charge in [0.25, 0.3) is 0 Å². The van der Waals surface area contributed by atoms with Crippen LogP contribution in [-0.2, 0) is 16.8 Å². The van der Waals surface area contributed by atoms with Crippen molar-refractivity contribution < 1.29 is 9.53 Å². The predicted octanol–water partition coefficient (Wildman–Crippen LogP) is 5.57. The van der Waals surface area contributed by atoms with Gasteiger partial charge in [-0.05, 0) is 60.9 Å². The minimum absolute atomic E-state index is 0.0900. The number of carbonyl (C=O) groups is 1. The fourth-order valence-electron chi connectivity index (χ4n) is 4.28. The fraction of sp³-hybridized carbons (Fsp3) is 0.185. The zero-order valence-corrected chi connectivity index (χ0v) is 18.4. The van der Waals surface area contributed by atoms with E-state index in [-0.39, 0.29) is 5.91 Å². The molecule has 160 valence electrons. The number of nitrogens with zero attached hydrogens (tertiary/aromatic N) is 2. The molecule has 0 atom stereocenters. The number of hydrogen-bond acceptors (Lipinski definition) is 3. The van der Waals surface area contributed by atoms with Gasteiger partial charge >= 0.3 is 0 Å². The summed E-state index contributed by atoms with van der Waals surface area (Å²) in [7, 11) is 1.65. The van der Waals surface area contributed by atoms with E-state index in [1.54, 1.807) is 7.11 Å². The van der Waals surface area contributed by atoms with E-state index in [1.165, 1.54) is 0 Å². The Morgan fingerprint density at radius 2 is 1.84 bits per heavy atom. The summed E-state index contributed by atoms with van der Waals surface area (Å²) in [4.78, 5) is 23.3. The molecule has 1 N–H and O–H groups in total. The second kappa shape index (κ2) is 7.68. The van der Waals surface area contributed by atoms with Crippen LogP contribution in [0.2, 0.25) is 0 Å². The lowest BCUT2D eigenvalue weighted by Crippen LogP contribution is -2.35. The highest BCUT2D eigenvalue weighted by atomic mass is 16.5. The highest BCUT2D eigenvalue weighted by Gasteiger charge is 2.44. The maximum atomic E-state index is 13.3. The lowest BCUT2D eigenvalue weighted by molar-refractivity contribution is -0.122. The van der Waals surface area contributed by atoms with E-state index in [9.17, 15) is 4.79 Å². The number of amides is 1. The van der Waals surface area contributed by atoms with Gasteiger partial charge < -0.3 is 14.6 Å². The van der Waals surface area contributed by atoms with Gasteiger partial charge in [0.1, 0.15) is 11.6 Å². The van der Waals surface area contributed by atoms with Crippen molar-refractivity contribution in [2.24, 2.45) is 0 Å². The van der Waals surface area contributed by atoms with Gasteiger partial charge in [0.15, 0.2) is 0 Å². The van der Waals surface area contributed by atoms with E-state index in [0.717, 1.165) is 45.0 Å². The molecule has 0 radical (unpaired) electrons. The Morgan fingerprint density at radius 3 is 2.62 bits per heavy atom. The molecule has 3 aromatic carbocycles. The number of fused-ring (bicyclic) bond motifs is 2. The van der Waals surface area contributed by atoms with Crippen LogP contribution in [0.15, 0.2) is 66.7 Å². The monoisotopic (exact) mass is 423 g/mol. The van der Waals surface area contributed by atoms with Gasteiger partial charge in [0, 0.05) is 0 Å². The third kappa shape index (κ3) is 3.46. The van der Waals surface area contributed by atoms with Crippen LogP contribution in [0.1, 0.15) is 36.4 Å². The van der Waals surface area contributed by atoms with Crippen LogP contribution in [0.3, 0.4) is 0 Å². The fourth-order valence-corrected chi connectivity index (χ4v) is 4.28. The van der Waals surface area contributed by atoms with Gasteiger partial charge in [-0.1, -0.05) is 48.5 Å². The van der Waals surface area contributed by atoms with Gasteiger partial charge in [-0.2, -0.15) is 0 Å². The van der Waals surface area contributed by atoms with E-state index in [2.05, 4.69) is 23.2 Å². The molecule has 0 saturated heterocycles. The lowest BCUT2D eigenvalue weighted by Gasteiger charge is -2.20. The molecule has 1 aliphatic heterocycles. The molecule has 5 heteroatoms. The minimum Gasteiger partial charge on any atom is -0.497 e. The number of aromatic nitrogens is 2. The SMILES string of the molecule is COc1cccc(CN2C(=O)C(C)(C)c3cc4[nH]c(C=Cc5ccccc5)nc4cc32)c1. The Morgan fingerprint density at radius 1 is 1.03 bits per heavy atom. The molecule has 0 bridgehead atoms. The van der Waals surface area contributed by atoms with E-state index < -0.39 is 5.41 Å². The normalized spacial score (nSPS) is 15.0. The smallest absolute Gasteiger partial charge is 0.237 e. The minimum atomic E-state index is -0.604. The topological polar surface area (TPSA) is 58.2 Å². The Hall–Kier alpha value is -3.86. The first-order chi connectivity index (χ1) is 15.5. The van der Waals surface area contributed by atoms with Crippen molar-refractivity contribution in [2.75, 3.05) is 12.0 Å². The zero-order valence-electron chi connectivity index (χ0n) is 18.4. The Kier molecular flexibility index (Phi) is 4.82. The largest absolute Gasteiger partial charge is 0.497 e. The van der Waals surface area contributed by atoms with Crippen LogP contribution in [0.4, 0.5) is 5.69 Å². The molecular weight excluding hydrogens is 398 g/mol. The lowest BCUT2D eigenvalue weighted by atomic mass is 9.86. The Balaban J connectivity index is 1.52. The number of hydrogen-bond donors (Lipinski definition) is 1. The second-order valence-corrected chi connectivity index (χ2v) is 8.62. The molecule has 0 fully saturated rings. The Labute approximate surface area is 187 Å². The molecule has 0 unspecified atom stereocenters. The summed E-state index contributed by atoms with van der Waals surface area (Å²) in [5.41, 5.74) is 5.24. The molecule has 32 heavy (non-hydrogen) atoms. The zero-order chi connectivity index (χ0) is 22.3. The molecule has 1 amide bonds. The number of rotatable bonds is 5. The van der Waals surface area contributed by atoms with Gasteiger partial charge in [-0.25, -0.2) is 4.98 Å². The van der Waals surface area contributed by atoms with Gasteiger partial charge in [0.05, 0.1) is 35.8 Å². The Bertz CT molecular complexity index is 1340. The first-order valence-electron chi connectivity index (χ1n) is 10.7. The molecule has 4 aromatic rings. The third-order valence-electron chi connectivity index (χ3n) is 6.07. The summed E-state index contributed by atoms with van der Waals surface area (Å²) in [5, 5.41) is 0. The molecule has 1 aliphatic rings. The first-order valence-corrected chi connectivity index (χ1v) is 10.7. The average Bonchev–Trinajstić information content (AvgIpc) is 3.29. The number of anilines is 1. The highest BCUT2D eigenvalue weighted by molar-refractivity contribution is 6.09. The number of imidazole rings is 1. The van der Waals surface area contributed by atoms with Crippen LogP contribution < -0.4 is 9.64 Å². The molecule has 0 saturated carbocycles. The van der Waals surface area contributed by atoms with Crippen molar-refractivity contribution >= 4 is 34.8 Å². The summed E-state index contributed by atoms with van der Waals surface area (Å²) in [6.45, 7) is 4.46. The van der Waals surface area contributed by atoms with E-state index in [0.29, 0.717) is 6.54 Å². The molecule has 0 spiro atoms. The molecule has 2 heterocycles. The molecule has 0 aliphatic carbocycles. The van der Waals surface area contributed by atoms with Crippen molar-refractivity contribution in [3.05, 3.63) is 89.2 Å². The third-order valence-corrected chi connectivity index (χ3v) is 6.07. The number of H-pyrrole nitrogens is 1. The summed E-state index contributed by atoms with van der Waals surface area (Å²) in [5.74, 6) is 1.66. The number of aromatic amines is 1. The molecule has 1 aromatic heterocycles. The second-order valence-electron chi connectivity index (χ2n) is 8.62. The highest BCUT2D eigenvalue weighted by Crippen LogP contribution is 2.44. The number of ether oxygens (including phenoxy) is 1. The van der Waals surface area contributed by atoms with Gasteiger partial charge in [-0.15, -0.1) is 0 Å². The van der Waals surface area contributed by atoms with Crippen LogP contribution >= 0.6 is 0 Å². The number of nitrogens with one attached hydrogen (secondary N) is 1. The maximum Gasteiger partial charge on any atom is 0.237 e. The summed E-state index contributed by atoms with van der Waals surface area (Å²) < 4.78 is 5.35. The van der Waals surface area contributed by atoms with E-state index in [4.69, 9.17) is 9.72 Å². The number of benzene rings is 3. The van der Waals surface area contributed by atoms with Crippen molar-refractivity contribution in [2.45, 2.75) is 25.8 Å². The van der Waals surface area contributed by atoms with Gasteiger partial charge in [-0.3, -0.25) is 4.79 Å². The van der Waals surface area contributed by atoms with Crippen LogP contribution in [0.5, 0.6) is 5.75 Å². The molecule has 5 nitrogen and oxygen atoms in total. The molecular formula is C27H25N3O2. The van der Waals surface area contributed by atoms with Gasteiger partial charge in [0.2, 0.25) is 5.91 Å². The summed E-state index contributed by atoms with van der Waals surface area (Å²) in [6.07, 6.45) is 4.01. The summed E-state index contributed by atoms with van der Waals surface area (Å²) >= 11 is 0. The van der Waals surface area contributed by atoms with Crippen molar-refractivity contribution in [1.29, 1.82) is 0 Å². The standard InChI is InChI=1S/C27H25N3O2/c1-27(2)21-15-22-23(29-25(28-22)13-12-18-8-5-4-6-9-18)16-24(21)30(26(27)31)17-19-10-7-11-20(14-19)32-3/h4-16H,17H2,1-3H3,(H,28,29). The molecule has 5 rings (SSSR count). The van der Waals surface area contributed by atoms with E-state index >= 15 is 0 Å². The van der Waals surface area contributed by atoms with Crippen LogP contribution in [0.25, 0.3) is 23.2 Å². The number of carbonyl (C=O) groups excluding carboxylic acids is 1. The van der Waals surface area contributed by atoms with Crippen molar-refractivity contribution in [3.8, 4) is 5.75 Å². The summed E-state index contributed by atoms with van der Waals surface area (Å²) in [6, 6.07) is 22.1. The first kappa shape index (κ1) is 20.1.